The van der Waals surface area contributed by atoms with Gasteiger partial charge in [0.05, 0.1) is 6.07 Å². The third kappa shape index (κ3) is 2.25. The van der Waals surface area contributed by atoms with Crippen LogP contribution < -0.4 is 0 Å². The predicted octanol–water partition coefficient (Wildman–Crippen LogP) is 3.44. The van der Waals surface area contributed by atoms with Crippen LogP contribution in [0, 0.1) is 23.2 Å². The Kier molecular flexibility index (Phi) is 4.80. The largest absolute Gasteiger partial charge is 0.286 e. The molecule has 2 unspecified atom stereocenters. The zero-order valence-corrected chi connectivity index (χ0v) is 11.3. The topological polar surface area (TPSA) is 27.0 Å². The summed E-state index contributed by atoms with van der Waals surface area (Å²) in [7, 11) is 0. The van der Waals surface area contributed by atoms with Crippen molar-refractivity contribution in [1.29, 1.82) is 5.26 Å². The van der Waals surface area contributed by atoms with Gasteiger partial charge < -0.3 is 0 Å². The molecule has 16 heavy (non-hydrogen) atoms. The van der Waals surface area contributed by atoms with Crippen LogP contribution in [-0.2, 0) is 0 Å². The molecule has 0 radical (unpaired) electrons. The smallest absolute Gasteiger partial charge is 0.112 e. The van der Waals surface area contributed by atoms with Crippen molar-refractivity contribution in [1.82, 2.24) is 4.90 Å². The van der Waals surface area contributed by atoms with E-state index in [9.17, 15) is 5.26 Å². The summed E-state index contributed by atoms with van der Waals surface area (Å²) in [5, 5.41) is 9.70. The summed E-state index contributed by atoms with van der Waals surface area (Å²) in [6, 6.07) is 2.68. The first-order valence-electron chi connectivity index (χ1n) is 6.78. The predicted molar refractivity (Wildman–Crippen MR) is 68.1 cm³/mol. The van der Waals surface area contributed by atoms with E-state index in [0.29, 0.717) is 11.8 Å². The van der Waals surface area contributed by atoms with Crippen LogP contribution in [0.5, 0.6) is 0 Å². The summed E-state index contributed by atoms with van der Waals surface area (Å²) in [4.78, 5) is 2.39. The average Bonchev–Trinajstić information content (AvgIpc) is 2.30. The fraction of sp³-hybridized carbons (Fsp3) is 0.929. The van der Waals surface area contributed by atoms with E-state index >= 15 is 0 Å². The van der Waals surface area contributed by atoms with Crippen LogP contribution in [0.15, 0.2) is 0 Å². The Morgan fingerprint density at radius 2 is 1.94 bits per heavy atom. The van der Waals surface area contributed by atoms with Crippen molar-refractivity contribution >= 4 is 0 Å². The molecule has 1 fully saturated rings. The molecule has 0 aromatic heterocycles. The van der Waals surface area contributed by atoms with Crippen LogP contribution in [0.2, 0.25) is 0 Å². The lowest BCUT2D eigenvalue weighted by Gasteiger charge is -2.48. The van der Waals surface area contributed by atoms with Gasteiger partial charge in [0, 0.05) is 0 Å². The van der Waals surface area contributed by atoms with Gasteiger partial charge in [0.1, 0.15) is 5.54 Å². The average molecular weight is 222 g/mol. The fourth-order valence-electron chi connectivity index (χ4n) is 3.46. The molecule has 0 spiro atoms. The summed E-state index contributed by atoms with van der Waals surface area (Å²) in [6.45, 7) is 10.9. The number of rotatable bonds is 4. The van der Waals surface area contributed by atoms with Crippen LogP contribution in [0.25, 0.3) is 0 Å². The number of hydrogen-bond donors (Lipinski definition) is 0. The van der Waals surface area contributed by atoms with Gasteiger partial charge in [-0.1, -0.05) is 40.5 Å². The molecule has 0 aromatic rings. The van der Waals surface area contributed by atoms with Crippen LogP contribution >= 0.6 is 0 Å². The molecule has 1 aliphatic rings. The maximum atomic E-state index is 9.70. The standard InChI is InChI=1S/C14H26N2/c1-5-16(6-2)14(11-15)10-8-7-9-13(14)12(3)4/h12-13H,5-10H2,1-4H3. The molecule has 0 aliphatic heterocycles. The van der Waals surface area contributed by atoms with Crippen LogP contribution in [-0.4, -0.2) is 23.5 Å². The first kappa shape index (κ1) is 13.5. The molecule has 0 aromatic carbocycles. The summed E-state index contributed by atoms with van der Waals surface area (Å²) >= 11 is 0. The highest BCUT2D eigenvalue weighted by Crippen LogP contribution is 2.41. The highest BCUT2D eigenvalue weighted by molar-refractivity contribution is 5.14. The molecule has 0 bridgehead atoms. The highest BCUT2D eigenvalue weighted by Gasteiger charge is 2.45. The van der Waals surface area contributed by atoms with Crippen molar-refractivity contribution in [3.8, 4) is 6.07 Å². The van der Waals surface area contributed by atoms with E-state index < -0.39 is 0 Å². The minimum atomic E-state index is -0.185. The summed E-state index contributed by atoms with van der Waals surface area (Å²) in [6.07, 6.45) is 4.80. The van der Waals surface area contributed by atoms with Gasteiger partial charge in [-0.25, -0.2) is 0 Å². The van der Waals surface area contributed by atoms with Crippen molar-refractivity contribution in [3.05, 3.63) is 0 Å². The summed E-state index contributed by atoms with van der Waals surface area (Å²) < 4.78 is 0. The minimum absolute atomic E-state index is 0.185. The number of hydrogen-bond acceptors (Lipinski definition) is 2. The quantitative estimate of drug-likeness (QED) is 0.728. The van der Waals surface area contributed by atoms with Gasteiger partial charge >= 0.3 is 0 Å². The molecule has 0 saturated heterocycles. The van der Waals surface area contributed by atoms with Gasteiger partial charge in [-0.05, 0) is 37.8 Å². The SMILES string of the molecule is CCN(CC)C1(C#N)CCCCC1C(C)C. The van der Waals surface area contributed by atoms with Crippen molar-refractivity contribution in [3.63, 3.8) is 0 Å². The minimum Gasteiger partial charge on any atom is -0.286 e. The number of nitrogens with zero attached hydrogens (tertiary/aromatic N) is 2. The lowest BCUT2D eigenvalue weighted by molar-refractivity contribution is 0.0303. The molecule has 2 heteroatoms. The van der Waals surface area contributed by atoms with Gasteiger partial charge in [-0.3, -0.25) is 4.90 Å². The third-order valence-electron chi connectivity index (χ3n) is 4.26. The first-order chi connectivity index (χ1) is 7.62. The third-order valence-corrected chi connectivity index (χ3v) is 4.26. The van der Waals surface area contributed by atoms with E-state index in [2.05, 4.69) is 38.7 Å². The lowest BCUT2D eigenvalue weighted by Crippen LogP contribution is -2.55. The Morgan fingerprint density at radius 1 is 1.31 bits per heavy atom. The van der Waals surface area contributed by atoms with Crippen LogP contribution in [0.4, 0.5) is 0 Å². The maximum absolute atomic E-state index is 9.70. The van der Waals surface area contributed by atoms with Crippen molar-refractivity contribution in [2.75, 3.05) is 13.1 Å². The fourth-order valence-corrected chi connectivity index (χ4v) is 3.46. The molecule has 0 N–H and O–H groups in total. The second-order valence-electron chi connectivity index (χ2n) is 5.30. The molecular formula is C14H26N2. The zero-order valence-electron chi connectivity index (χ0n) is 11.3. The van der Waals surface area contributed by atoms with E-state index in [1.807, 2.05) is 0 Å². The molecule has 2 nitrogen and oxygen atoms in total. The molecule has 1 aliphatic carbocycles. The van der Waals surface area contributed by atoms with E-state index in [1.54, 1.807) is 0 Å². The Balaban J connectivity index is 3.01. The number of nitriles is 1. The van der Waals surface area contributed by atoms with Gasteiger partial charge in [-0.2, -0.15) is 5.26 Å². The highest BCUT2D eigenvalue weighted by atomic mass is 15.2. The van der Waals surface area contributed by atoms with E-state index in [-0.39, 0.29) is 5.54 Å². The first-order valence-corrected chi connectivity index (χ1v) is 6.78. The molecule has 1 saturated carbocycles. The Morgan fingerprint density at radius 3 is 2.38 bits per heavy atom. The van der Waals surface area contributed by atoms with Gasteiger partial charge in [0.15, 0.2) is 0 Å². The van der Waals surface area contributed by atoms with Crippen molar-refractivity contribution in [2.45, 2.75) is 58.9 Å². The van der Waals surface area contributed by atoms with Crippen LogP contribution in [0.3, 0.4) is 0 Å². The molecule has 0 heterocycles. The Bertz CT molecular complexity index is 250. The second kappa shape index (κ2) is 5.68. The molecule has 1 rings (SSSR count). The van der Waals surface area contributed by atoms with E-state index in [4.69, 9.17) is 0 Å². The summed E-state index contributed by atoms with van der Waals surface area (Å²) in [5.41, 5.74) is -0.185. The Labute approximate surface area is 101 Å². The van der Waals surface area contributed by atoms with Gasteiger partial charge in [-0.15, -0.1) is 0 Å². The zero-order chi connectivity index (χ0) is 12.2. The van der Waals surface area contributed by atoms with Gasteiger partial charge in [0.2, 0.25) is 0 Å². The molecule has 2 atom stereocenters. The monoisotopic (exact) mass is 222 g/mol. The summed E-state index contributed by atoms with van der Waals surface area (Å²) in [5.74, 6) is 1.16. The van der Waals surface area contributed by atoms with Crippen LogP contribution in [0.1, 0.15) is 53.4 Å². The van der Waals surface area contributed by atoms with E-state index in [0.717, 1.165) is 19.5 Å². The normalized spacial score (nSPS) is 30.7. The lowest BCUT2D eigenvalue weighted by atomic mass is 9.67. The molecular weight excluding hydrogens is 196 g/mol. The molecule has 92 valence electrons. The van der Waals surface area contributed by atoms with Gasteiger partial charge in [0.25, 0.3) is 0 Å². The second-order valence-corrected chi connectivity index (χ2v) is 5.30. The van der Waals surface area contributed by atoms with Crippen molar-refractivity contribution < 1.29 is 0 Å². The van der Waals surface area contributed by atoms with Crippen molar-refractivity contribution in [2.24, 2.45) is 11.8 Å². The van der Waals surface area contributed by atoms with E-state index in [1.165, 1.54) is 19.3 Å². The molecule has 0 amide bonds. The maximum Gasteiger partial charge on any atom is 0.112 e. The Hall–Kier alpha value is -0.550.